The van der Waals surface area contributed by atoms with Gasteiger partial charge in [-0.15, -0.1) is 0 Å². The molecule has 0 aromatic heterocycles. The first kappa shape index (κ1) is 16.6. The van der Waals surface area contributed by atoms with E-state index in [-0.39, 0.29) is 10.6 Å². The van der Waals surface area contributed by atoms with Gasteiger partial charge in [0.2, 0.25) is 0 Å². The van der Waals surface area contributed by atoms with Crippen molar-refractivity contribution in [1.82, 2.24) is 5.32 Å². The second kappa shape index (κ2) is 7.47. The number of nitrogens with one attached hydrogen (secondary N) is 1. The molecule has 2 rings (SSSR count). The summed E-state index contributed by atoms with van der Waals surface area (Å²) in [6.07, 6.45) is 0. The lowest BCUT2D eigenvalue weighted by Crippen LogP contribution is -2.44. The van der Waals surface area contributed by atoms with E-state index in [1.54, 1.807) is 19.2 Å². The molecule has 1 aliphatic rings. The Balaban J connectivity index is 2.13. The van der Waals surface area contributed by atoms with E-state index in [1.807, 2.05) is 17.8 Å². The highest BCUT2D eigenvalue weighted by atomic mass is 32.2. The molecule has 0 bridgehead atoms. The summed E-state index contributed by atoms with van der Waals surface area (Å²) in [6.45, 7) is 8.33. The van der Waals surface area contributed by atoms with Crippen molar-refractivity contribution in [2.24, 2.45) is 0 Å². The molecule has 0 atom stereocenters. The van der Waals surface area contributed by atoms with Crippen molar-refractivity contribution in [3.05, 3.63) is 29.6 Å². The molecule has 0 unspecified atom stereocenters. The van der Waals surface area contributed by atoms with E-state index in [2.05, 4.69) is 24.1 Å². The van der Waals surface area contributed by atoms with E-state index < -0.39 is 0 Å². The third-order valence-corrected chi connectivity index (χ3v) is 4.91. The molecule has 0 radical (unpaired) electrons. The predicted molar refractivity (Wildman–Crippen MR) is 88.7 cm³/mol. The van der Waals surface area contributed by atoms with Crippen molar-refractivity contribution in [3.8, 4) is 0 Å². The fourth-order valence-corrected chi connectivity index (χ4v) is 3.77. The molecule has 118 valence electrons. The third kappa shape index (κ3) is 4.59. The monoisotopic (exact) mass is 312 g/mol. The minimum atomic E-state index is -0.122. The van der Waals surface area contributed by atoms with Gasteiger partial charge in [-0.3, -0.25) is 0 Å². The van der Waals surface area contributed by atoms with Gasteiger partial charge in [0.05, 0.1) is 12.3 Å². The van der Waals surface area contributed by atoms with Gasteiger partial charge in [-0.1, -0.05) is 12.1 Å². The Morgan fingerprint density at radius 2 is 2.24 bits per heavy atom. The van der Waals surface area contributed by atoms with E-state index in [0.29, 0.717) is 13.2 Å². The van der Waals surface area contributed by atoms with Crippen LogP contribution in [-0.4, -0.2) is 43.9 Å². The van der Waals surface area contributed by atoms with Crippen LogP contribution in [0.3, 0.4) is 0 Å². The van der Waals surface area contributed by atoms with Crippen LogP contribution in [0, 0.1) is 5.82 Å². The zero-order valence-electron chi connectivity index (χ0n) is 13.1. The Hall–Kier alpha value is -0.780. The van der Waals surface area contributed by atoms with Crippen LogP contribution in [0.2, 0.25) is 0 Å². The Bertz CT molecular complexity index is 468. The number of para-hydroxylation sites is 1. The normalized spacial score (nSPS) is 18.0. The zero-order valence-corrected chi connectivity index (χ0v) is 13.9. The first-order valence-electron chi connectivity index (χ1n) is 7.39. The maximum atomic E-state index is 14.4. The first-order valence-corrected chi connectivity index (χ1v) is 8.38. The van der Waals surface area contributed by atoms with Gasteiger partial charge >= 0.3 is 0 Å². The van der Waals surface area contributed by atoms with Gasteiger partial charge in [-0.25, -0.2) is 4.39 Å². The van der Waals surface area contributed by atoms with Crippen LogP contribution in [-0.2, 0) is 11.3 Å². The SMILES string of the molecule is COCCNCc1cccc(F)c1N1CCSC(C)(C)C1. The van der Waals surface area contributed by atoms with Crippen LogP contribution in [0.4, 0.5) is 10.1 Å². The molecule has 1 saturated heterocycles. The topological polar surface area (TPSA) is 24.5 Å². The largest absolute Gasteiger partial charge is 0.383 e. The van der Waals surface area contributed by atoms with Crippen LogP contribution in [0.5, 0.6) is 0 Å². The molecule has 21 heavy (non-hydrogen) atoms. The molecule has 0 spiro atoms. The van der Waals surface area contributed by atoms with Crippen LogP contribution in [0.15, 0.2) is 18.2 Å². The highest BCUT2D eigenvalue weighted by Gasteiger charge is 2.29. The lowest BCUT2D eigenvalue weighted by atomic mass is 10.1. The average Bonchev–Trinajstić information content (AvgIpc) is 2.42. The molecule has 0 aliphatic carbocycles. The average molecular weight is 312 g/mol. The van der Waals surface area contributed by atoms with Gasteiger partial charge in [0.1, 0.15) is 5.82 Å². The fraction of sp³-hybridized carbons (Fsp3) is 0.625. The summed E-state index contributed by atoms with van der Waals surface area (Å²) in [6, 6.07) is 5.35. The number of benzene rings is 1. The minimum Gasteiger partial charge on any atom is -0.383 e. The van der Waals surface area contributed by atoms with Gasteiger partial charge in [-0.05, 0) is 25.5 Å². The molecule has 1 N–H and O–H groups in total. The summed E-state index contributed by atoms with van der Waals surface area (Å²) in [5, 5.41) is 3.31. The number of thioether (sulfide) groups is 1. The molecule has 5 heteroatoms. The smallest absolute Gasteiger partial charge is 0.146 e. The molecular weight excluding hydrogens is 287 g/mol. The van der Waals surface area contributed by atoms with Gasteiger partial charge in [0, 0.05) is 43.8 Å². The highest BCUT2D eigenvalue weighted by molar-refractivity contribution is 8.00. The van der Waals surface area contributed by atoms with Gasteiger partial charge in [-0.2, -0.15) is 11.8 Å². The molecule has 1 heterocycles. The van der Waals surface area contributed by atoms with E-state index in [4.69, 9.17) is 4.74 Å². The summed E-state index contributed by atoms with van der Waals surface area (Å²) >= 11 is 1.96. The van der Waals surface area contributed by atoms with Crippen molar-refractivity contribution >= 4 is 17.4 Å². The lowest BCUT2D eigenvalue weighted by molar-refractivity contribution is 0.199. The third-order valence-electron chi connectivity index (χ3n) is 3.61. The van der Waals surface area contributed by atoms with Crippen LogP contribution < -0.4 is 10.2 Å². The predicted octanol–water partition coefficient (Wildman–Crippen LogP) is 2.89. The number of methoxy groups -OCH3 is 1. The number of hydrogen-bond donors (Lipinski definition) is 1. The molecule has 1 aromatic carbocycles. The summed E-state index contributed by atoms with van der Waals surface area (Å²) < 4.78 is 19.6. The number of anilines is 1. The number of rotatable bonds is 6. The molecule has 0 amide bonds. The van der Waals surface area contributed by atoms with Crippen LogP contribution in [0.1, 0.15) is 19.4 Å². The van der Waals surface area contributed by atoms with Gasteiger partial charge in [0.15, 0.2) is 0 Å². The number of ether oxygens (including phenoxy) is 1. The van der Waals surface area contributed by atoms with Crippen molar-refractivity contribution in [2.75, 3.05) is 44.0 Å². The first-order chi connectivity index (χ1) is 10.0. The van der Waals surface area contributed by atoms with Gasteiger partial charge in [0.25, 0.3) is 0 Å². The van der Waals surface area contributed by atoms with E-state index in [0.717, 1.165) is 36.6 Å². The van der Waals surface area contributed by atoms with Gasteiger partial charge < -0.3 is 15.0 Å². The van der Waals surface area contributed by atoms with Crippen molar-refractivity contribution < 1.29 is 9.13 Å². The van der Waals surface area contributed by atoms with E-state index in [9.17, 15) is 4.39 Å². The maximum Gasteiger partial charge on any atom is 0.146 e. The fourth-order valence-electron chi connectivity index (χ4n) is 2.66. The molecule has 1 aromatic rings. The number of halogens is 1. The summed E-state index contributed by atoms with van der Waals surface area (Å²) in [7, 11) is 1.68. The molecule has 0 saturated carbocycles. The Morgan fingerprint density at radius 1 is 1.43 bits per heavy atom. The second-order valence-electron chi connectivity index (χ2n) is 5.95. The lowest BCUT2D eigenvalue weighted by Gasteiger charge is -2.39. The Labute approximate surface area is 131 Å². The zero-order chi connectivity index (χ0) is 15.3. The van der Waals surface area contributed by atoms with Crippen LogP contribution >= 0.6 is 11.8 Å². The van der Waals surface area contributed by atoms with Crippen molar-refractivity contribution in [1.29, 1.82) is 0 Å². The number of nitrogens with zero attached hydrogens (tertiary/aromatic N) is 1. The standard InChI is InChI=1S/C16H25FN2OS/c1-16(2)12-19(8-10-21-16)15-13(5-4-6-14(15)17)11-18-7-9-20-3/h4-6,18H,7-12H2,1-3H3. The second-order valence-corrected chi connectivity index (χ2v) is 7.75. The van der Waals surface area contributed by atoms with Crippen molar-refractivity contribution in [3.63, 3.8) is 0 Å². The van der Waals surface area contributed by atoms with Crippen molar-refractivity contribution in [2.45, 2.75) is 25.1 Å². The Morgan fingerprint density at radius 3 is 2.95 bits per heavy atom. The number of hydrogen-bond acceptors (Lipinski definition) is 4. The summed E-state index contributed by atoms with van der Waals surface area (Å²) in [4.78, 5) is 2.19. The molecular formula is C16H25FN2OS. The summed E-state index contributed by atoms with van der Waals surface area (Å²) in [5.74, 6) is 0.918. The maximum absolute atomic E-state index is 14.4. The quantitative estimate of drug-likeness (QED) is 0.816. The highest BCUT2D eigenvalue weighted by Crippen LogP contribution is 2.34. The summed E-state index contributed by atoms with van der Waals surface area (Å²) in [5.41, 5.74) is 1.78. The van der Waals surface area contributed by atoms with E-state index in [1.165, 1.54) is 0 Å². The minimum absolute atomic E-state index is 0.122. The Kier molecular flexibility index (Phi) is 5.90. The van der Waals surface area contributed by atoms with E-state index >= 15 is 0 Å². The van der Waals surface area contributed by atoms with Crippen LogP contribution in [0.25, 0.3) is 0 Å². The molecule has 1 aliphatic heterocycles. The molecule has 1 fully saturated rings. The molecule has 3 nitrogen and oxygen atoms in total.